The average Bonchev–Trinajstić information content (AvgIpc) is 2.46. The summed E-state index contributed by atoms with van der Waals surface area (Å²) < 4.78 is 9.69. The van der Waals surface area contributed by atoms with E-state index >= 15 is 0 Å². The average molecular weight is 279 g/mol. The van der Waals surface area contributed by atoms with Crippen LogP contribution in [-0.4, -0.2) is 30.2 Å². The third-order valence-corrected chi connectivity index (χ3v) is 2.80. The lowest BCUT2D eigenvalue weighted by molar-refractivity contribution is 0.0594. The Bertz CT molecular complexity index is 617. The van der Waals surface area contributed by atoms with Gasteiger partial charge in [-0.2, -0.15) is 0 Å². The fraction of sp³-hybridized carbons (Fsp3) is 0.154. The number of esters is 1. The molecule has 0 aliphatic rings. The molecule has 0 radical (unpaired) electrons. The predicted octanol–water partition coefficient (Wildman–Crippen LogP) is 2.59. The summed E-state index contributed by atoms with van der Waals surface area (Å²) in [5.74, 6) is 0.0657. The van der Waals surface area contributed by atoms with E-state index < -0.39 is 5.97 Å². The zero-order chi connectivity index (χ0) is 13.8. The zero-order valence-corrected chi connectivity index (χ0v) is 11.1. The Labute approximate surface area is 115 Å². The molecule has 0 spiro atoms. The van der Waals surface area contributed by atoms with Crippen LogP contribution in [0.2, 0.25) is 5.02 Å². The molecule has 0 N–H and O–H groups in total. The van der Waals surface area contributed by atoms with E-state index in [1.54, 1.807) is 31.4 Å². The third-order valence-electron chi connectivity index (χ3n) is 2.51. The Hall–Kier alpha value is -2.14. The summed E-state index contributed by atoms with van der Waals surface area (Å²) in [7, 11) is 2.84. The van der Waals surface area contributed by atoms with Gasteiger partial charge in [0.05, 0.1) is 24.9 Å². The molecule has 1 heterocycles. The maximum Gasteiger partial charge on any atom is 0.356 e. The minimum absolute atomic E-state index is 0.194. The van der Waals surface area contributed by atoms with Gasteiger partial charge in [-0.1, -0.05) is 11.6 Å². The first-order valence-corrected chi connectivity index (χ1v) is 5.77. The predicted molar refractivity (Wildman–Crippen MR) is 70.4 cm³/mol. The van der Waals surface area contributed by atoms with Crippen molar-refractivity contribution in [2.45, 2.75) is 0 Å². The fourth-order valence-corrected chi connectivity index (χ4v) is 1.81. The molecular formula is C13H11ClN2O3. The molecule has 6 heteroatoms. The van der Waals surface area contributed by atoms with Crippen molar-refractivity contribution in [1.82, 2.24) is 9.97 Å². The molecule has 0 aliphatic heterocycles. The van der Waals surface area contributed by atoms with Crippen LogP contribution in [-0.2, 0) is 4.74 Å². The van der Waals surface area contributed by atoms with Gasteiger partial charge < -0.3 is 9.47 Å². The minimum Gasteiger partial charge on any atom is -0.495 e. The van der Waals surface area contributed by atoms with Gasteiger partial charge in [-0.15, -0.1) is 0 Å². The number of methoxy groups -OCH3 is 2. The second-order valence-electron chi connectivity index (χ2n) is 3.63. The zero-order valence-electron chi connectivity index (χ0n) is 10.4. The molecule has 2 aromatic rings. The molecule has 1 aromatic heterocycles. The summed E-state index contributed by atoms with van der Waals surface area (Å²) in [4.78, 5) is 19.4. The van der Waals surface area contributed by atoms with E-state index in [-0.39, 0.29) is 5.69 Å². The topological polar surface area (TPSA) is 61.3 Å². The van der Waals surface area contributed by atoms with E-state index in [2.05, 4.69) is 14.7 Å². The van der Waals surface area contributed by atoms with E-state index in [9.17, 15) is 4.79 Å². The molecule has 0 bridgehead atoms. The molecule has 19 heavy (non-hydrogen) atoms. The Balaban J connectivity index is 2.41. The quantitative estimate of drug-likeness (QED) is 0.808. The van der Waals surface area contributed by atoms with Gasteiger partial charge in [0.15, 0.2) is 5.69 Å². The van der Waals surface area contributed by atoms with E-state index in [1.807, 2.05) is 0 Å². The number of rotatable bonds is 3. The lowest BCUT2D eigenvalue weighted by atomic mass is 10.1. The number of aromatic nitrogens is 2. The third kappa shape index (κ3) is 2.82. The molecule has 2 rings (SSSR count). The van der Waals surface area contributed by atoms with Crippen LogP contribution in [0.4, 0.5) is 0 Å². The first-order valence-electron chi connectivity index (χ1n) is 5.40. The van der Waals surface area contributed by atoms with Crippen LogP contribution < -0.4 is 4.74 Å². The maximum absolute atomic E-state index is 11.4. The van der Waals surface area contributed by atoms with Crippen molar-refractivity contribution < 1.29 is 14.3 Å². The SMILES string of the molecule is COC(=O)c1cc(-c2ccc(OC)c(Cl)c2)ncn1. The van der Waals surface area contributed by atoms with Gasteiger partial charge in [0.1, 0.15) is 12.1 Å². The highest BCUT2D eigenvalue weighted by Gasteiger charge is 2.10. The molecule has 0 saturated carbocycles. The smallest absolute Gasteiger partial charge is 0.356 e. The van der Waals surface area contributed by atoms with Gasteiger partial charge >= 0.3 is 5.97 Å². The van der Waals surface area contributed by atoms with E-state index in [0.717, 1.165) is 5.56 Å². The van der Waals surface area contributed by atoms with Crippen LogP contribution in [0, 0.1) is 0 Å². The largest absolute Gasteiger partial charge is 0.495 e. The second kappa shape index (κ2) is 5.67. The van der Waals surface area contributed by atoms with Crippen molar-refractivity contribution in [3.05, 3.63) is 41.3 Å². The highest BCUT2D eigenvalue weighted by molar-refractivity contribution is 6.32. The van der Waals surface area contributed by atoms with Gasteiger partial charge in [-0.25, -0.2) is 14.8 Å². The number of ether oxygens (including phenoxy) is 2. The van der Waals surface area contributed by atoms with Crippen molar-refractivity contribution in [3.63, 3.8) is 0 Å². The Morgan fingerprint density at radius 1 is 1.21 bits per heavy atom. The van der Waals surface area contributed by atoms with Crippen LogP contribution in [0.1, 0.15) is 10.5 Å². The molecule has 0 amide bonds. The van der Waals surface area contributed by atoms with Crippen LogP contribution in [0.5, 0.6) is 5.75 Å². The first-order chi connectivity index (χ1) is 9.15. The molecule has 1 aromatic carbocycles. The van der Waals surface area contributed by atoms with Crippen molar-refractivity contribution >= 4 is 17.6 Å². The van der Waals surface area contributed by atoms with Crippen molar-refractivity contribution in [3.8, 4) is 17.0 Å². The monoisotopic (exact) mass is 278 g/mol. The molecule has 5 nitrogen and oxygen atoms in total. The molecule has 0 saturated heterocycles. The van der Waals surface area contributed by atoms with E-state index in [1.165, 1.54) is 13.4 Å². The van der Waals surface area contributed by atoms with Crippen LogP contribution in [0.15, 0.2) is 30.6 Å². The molecule has 0 unspecified atom stereocenters. The molecule has 0 aliphatic carbocycles. The number of hydrogen-bond donors (Lipinski definition) is 0. The summed E-state index contributed by atoms with van der Waals surface area (Å²) in [6.07, 6.45) is 1.31. The van der Waals surface area contributed by atoms with Crippen LogP contribution in [0.25, 0.3) is 11.3 Å². The Morgan fingerprint density at radius 3 is 2.63 bits per heavy atom. The van der Waals surface area contributed by atoms with Crippen molar-refractivity contribution in [2.24, 2.45) is 0 Å². The van der Waals surface area contributed by atoms with E-state index in [0.29, 0.717) is 16.5 Å². The Morgan fingerprint density at radius 2 is 2.00 bits per heavy atom. The summed E-state index contributed by atoms with van der Waals surface area (Å²) in [5.41, 5.74) is 1.54. The number of benzene rings is 1. The van der Waals surface area contributed by atoms with Gasteiger partial charge in [-0.05, 0) is 24.3 Å². The van der Waals surface area contributed by atoms with Gasteiger partial charge in [0.25, 0.3) is 0 Å². The molecular weight excluding hydrogens is 268 g/mol. The normalized spacial score (nSPS) is 10.1. The standard InChI is InChI=1S/C13H11ClN2O3/c1-18-12-4-3-8(5-9(12)14)10-6-11(13(17)19-2)16-7-15-10/h3-7H,1-2H3. The molecule has 98 valence electrons. The highest BCUT2D eigenvalue weighted by Crippen LogP contribution is 2.29. The number of halogens is 1. The molecule has 0 atom stereocenters. The number of nitrogens with zero attached hydrogens (tertiary/aromatic N) is 2. The van der Waals surface area contributed by atoms with Gasteiger partial charge in [0, 0.05) is 5.56 Å². The van der Waals surface area contributed by atoms with Crippen molar-refractivity contribution in [1.29, 1.82) is 0 Å². The number of carbonyl (C=O) groups is 1. The highest BCUT2D eigenvalue weighted by atomic mass is 35.5. The summed E-state index contributed by atoms with van der Waals surface area (Å²) >= 11 is 6.05. The lowest BCUT2D eigenvalue weighted by Gasteiger charge is -2.06. The summed E-state index contributed by atoms with van der Waals surface area (Å²) in [5, 5.41) is 0.471. The van der Waals surface area contributed by atoms with Gasteiger partial charge in [0.2, 0.25) is 0 Å². The lowest BCUT2D eigenvalue weighted by Crippen LogP contribution is -2.04. The summed E-state index contributed by atoms with van der Waals surface area (Å²) in [6, 6.07) is 6.79. The Kier molecular flexibility index (Phi) is 3.97. The fourth-order valence-electron chi connectivity index (χ4n) is 1.56. The van der Waals surface area contributed by atoms with Crippen LogP contribution in [0.3, 0.4) is 0 Å². The number of carbonyl (C=O) groups excluding carboxylic acids is 1. The minimum atomic E-state index is -0.511. The maximum atomic E-state index is 11.4. The van der Waals surface area contributed by atoms with Crippen LogP contribution >= 0.6 is 11.6 Å². The van der Waals surface area contributed by atoms with Crippen molar-refractivity contribution in [2.75, 3.05) is 14.2 Å². The first kappa shape index (κ1) is 13.3. The van der Waals surface area contributed by atoms with Gasteiger partial charge in [-0.3, -0.25) is 0 Å². The van der Waals surface area contributed by atoms with E-state index in [4.69, 9.17) is 16.3 Å². The second-order valence-corrected chi connectivity index (χ2v) is 4.04. The summed E-state index contributed by atoms with van der Waals surface area (Å²) in [6.45, 7) is 0. The number of hydrogen-bond acceptors (Lipinski definition) is 5. The molecule has 0 fully saturated rings.